The van der Waals surface area contributed by atoms with Crippen molar-refractivity contribution in [3.63, 3.8) is 0 Å². The van der Waals surface area contributed by atoms with E-state index in [1.54, 1.807) is 18.2 Å². The van der Waals surface area contributed by atoms with Crippen LogP contribution in [0.2, 0.25) is 0 Å². The van der Waals surface area contributed by atoms with E-state index in [9.17, 15) is 4.79 Å². The average Bonchev–Trinajstić information content (AvgIpc) is 2.48. The molecular formula is C14H11NO2. The number of hydrogen-bond donors (Lipinski definition) is 1. The maximum absolute atomic E-state index is 12.1. The van der Waals surface area contributed by atoms with Crippen molar-refractivity contribution in [3.05, 3.63) is 53.8 Å². The molecule has 0 saturated heterocycles. The highest BCUT2D eigenvalue weighted by Gasteiger charge is 2.32. The van der Waals surface area contributed by atoms with Gasteiger partial charge in [-0.15, -0.1) is 0 Å². The Morgan fingerprint density at radius 2 is 2.12 bits per heavy atom. The number of carbonyl (C=O) groups excluding carboxylic acids is 1. The summed E-state index contributed by atoms with van der Waals surface area (Å²) in [7, 11) is 0. The Morgan fingerprint density at radius 1 is 1.29 bits per heavy atom. The van der Waals surface area contributed by atoms with Crippen molar-refractivity contribution in [2.45, 2.75) is 6.42 Å². The molecule has 0 radical (unpaired) electrons. The zero-order valence-corrected chi connectivity index (χ0v) is 9.14. The molecule has 3 rings (SSSR count). The molecule has 1 heterocycles. The van der Waals surface area contributed by atoms with Crippen LogP contribution >= 0.6 is 0 Å². The third kappa shape index (κ3) is 1.51. The molecule has 0 spiro atoms. The standard InChI is InChI=1S/C14H11NO2/c15-13-9-5-1-3-7-11(9)17-12-8-4-2-6-10(12)14(13)16/h1-4,6-9,15H,5H2. The summed E-state index contributed by atoms with van der Waals surface area (Å²) in [4.78, 5) is 12.1. The number of ether oxygens (including phenoxy) is 1. The molecular weight excluding hydrogens is 214 g/mol. The number of nitrogens with one attached hydrogen (secondary N) is 1. The Morgan fingerprint density at radius 3 is 3.00 bits per heavy atom. The molecule has 0 saturated carbocycles. The lowest BCUT2D eigenvalue weighted by molar-refractivity contribution is 0.106. The van der Waals surface area contributed by atoms with Crippen LogP contribution in [0.3, 0.4) is 0 Å². The van der Waals surface area contributed by atoms with Gasteiger partial charge in [-0.25, -0.2) is 0 Å². The number of rotatable bonds is 0. The normalized spacial score (nSPS) is 22.1. The lowest BCUT2D eigenvalue weighted by Gasteiger charge is -2.18. The maximum Gasteiger partial charge on any atom is 0.210 e. The lowest BCUT2D eigenvalue weighted by Crippen LogP contribution is -2.24. The van der Waals surface area contributed by atoms with Crippen LogP contribution in [-0.2, 0) is 0 Å². The molecule has 0 amide bonds. The van der Waals surface area contributed by atoms with Gasteiger partial charge < -0.3 is 10.1 Å². The summed E-state index contributed by atoms with van der Waals surface area (Å²) in [5, 5.41) is 7.99. The highest BCUT2D eigenvalue weighted by Crippen LogP contribution is 2.32. The van der Waals surface area contributed by atoms with Crippen LogP contribution in [0.5, 0.6) is 5.75 Å². The Bertz CT molecular complexity index is 569. The van der Waals surface area contributed by atoms with Gasteiger partial charge in [0.2, 0.25) is 5.78 Å². The van der Waals surface area contributed by atoms with Crippen molar-refractivity contribution in [1.29, 1.82) is 5.41 Å². The highest BCUT2D eigenvalue weighted by molar-refractivity contribution is 6.46. The average molecular weight is 225 g/mol. The minimum absolute atomic E-state index is 0.116. The largest absolute Gasteiger partial charge is 0.460 e. The highest BCUT2D eigenvalue weighted by atomic mass is 16.5. The van der Waals surface area contributed by atoms with E-state index >= 15 is 0 Å². The molecule has 1 unspecified atom stereocenters. The molecule has 1 aliphatic heterocycles. The predicted octanol–water partition coefficient (Wildman–Crippen LogP) is 2.74. The Balaban J connectivity index is 2.16. The molecule has 3 heteroatoms. The molecule has 1 aromatic carbocycles. The van der Waals surface area contributed by atoms with E-state index in [1.807, 2.05) is 24.3 Å². The zero-order valence-electron chi connectivity index (χ0n) is 9.14. The van der Waals surface area contributed by atoms with E-state index in [1.165, 1.54) is 0 Å². The van der Waals surface area contributed by atoms with E-state index in [2.05, 4.69) is 0 Å². The number of Topliss-reactive ketones (excluding diaryl/α,β-unsaturated/α-hetero) is 1. The van der Waals surface area contributed by atoms with Crippen molar-refractivity contribution in [2.75, 3.05) is 0 Å². The molecule has 84 valence electrons. The maximum atomic E-state index is 12.1. The van der Waals surface area contributed by atoms with Crippen molar-refractivity contribution in [2.24, 2.45) is 5.92 Å². The van der Waals surface area contributed by atoms with Crippen LogP contribution in [-0.4, -0.2) is 11.5 Å². The Kier molecular flexibility index (Phi) is 2.18. The van der Waals surface area contributed by atoms with E-state index in [4.69, 9.17) is 10.1 Å². The van der Waals surface area contributed by atoms with Gasteiger partial charge in [0, 0.05) is 0 Å². The van der Waals surface area contributed by atoms with Crippen molar-refractivity contribution >= 4 is 11.5 Å². The van der Waals surface area contributed by atoms with Gasteiger partial charge in [0.05, 0.1) is 17.2 Å². The minimum atomic E-state index is -0.236. The van der Waals surface area contributed by atoms with E-state index in [0.29, 0.717) is 23.5 Å². The van der Waals surface area contributed by atoms with Gasteiger partial charge in [0.1, 0.15) is 11.5 Å². The van der Waals surface area contributed by atoms with Crippen LogP contribution in [0.4, 0.5) is 0 Å². The van der Waals surface area contributed by atoms with Crippen LogP contribution in [0.25, 0.3) is 0 Å². The summed E-state index contributed by atoms with van der Waals surface area (Å²) in [5.41, 5.74) is 0.596. The topological polar surface area (TPSA) is 50.2 Å². The van der Waals surface area contributed by atoms with Crippen molar-refractivity contribution in [3.8, 4) is 5.75 Å². The van der Waals surface area contributed by atoms with Crippen LogP contribution in [0.1, 0.15) is 16.8 Å². The van der Waals surface area contributed by atoms with Crippen molar-refractivity contribution in [1.82, 2.24) is 0 Å². The molecule has 17 heavy (non-hydrogen) atoms. The molecule has 0 aromatic heterocycles. The Labute approximate surface area is 98.9 Å². The number of fused-ring (bicyclic) bond motifs is 2. The number of carbonyl (C=O) groups is 1. The molecule has 1 aromatic rings. The molecule has 1 atom stereocenters. The van der Waals surface area contributed by atoms with Gasteiger partial charge >= 0.3 is 0 Å². The van der Waals surface area contributed by atoms with E-state index < -0.39 is 0 Å². The Hall–Kier alpha value is -2.16. The summed E-state index contributed by atoms with van der Waals surface area (Å²) in [5.74, 6) is 0.770. The smallest absolute Gasteiger partial charge is 0.210 e. The van der Waals surface area contributed by atoms with Gasteiger partial charge in [-0.3, -0.25) is 4.79 Å². The van der Waals surface area contributed by atoms with Crippen LogP contribution < -0.4 is 4.74 Å². The first-order chi connectivity index (χ1) is 8.27. The van der Waals surface area contributed by atoms with Gasteiger partial charge in [-0.1, -0.05) is 24.3 Å². The summed E-state index contributed by atoms with van der Waals surface area (Å²) >= 11 is 0. The first-order valence-corrected chi connectivity index (χ1v) is 5.54. The number of benzene rings is 1. The number of para-hydroxylation sites is 1. The number of ketones is 1. The van der Waals surface area contributed by atoms with Crippen LogP contribution in [0.15, 0.2) is 48.3 Å². The molecule has 1 aliphatic carbocycles. The van der Waals surface area contributed by atoms with Gasteiger partial charge in [0.25, 0.3) is 0 Å². The second-order valence-electron chi connectivity index (χ2n) is 4.13. The van der Waals surface area contributed by atoms with Crippen molar-refractivity contribution < 1.29 is 9.53 Å². The summed E-state index contributed by atoms with van der Waals surface area (Å²) in [6.07, 6.45) is 6.34. The summed E-state index contributed by atoms with van der Waals surface area (Å²) < 4.78 is 5.75. The van der Waals surface area contributed by atoms with E-state index in [0.717, 1.165) is 0 Å². The fourth-order valence-electron chi connectivity index (χ4n) is 2.15. The van der Waals surface area contributed by atoms with E-state index in [-0.39, 0.29) is 17.4 Å². The second-order valence-corrected chi connectivity index (χ2v) is 4.13. The van der Waals surface area contributed by atoms with Gasteiger partial charge in [-0.05, 0) is 24.6 Å². The minimum Gasteiger partial charge on any atom is -0.460 e. The molecule has 0 fully saturated rings. The quantitative estimate of drug-likeness (QED) is 0.738. The molecule has 3 nitrogen and oxygen atoms in total. The third-order valence-corrected chi connectivity index (χ3v) is 3.06. The summed E-state index contributed by atoms with van der Waals surface area (Å²) in [6.45, 7) is 0. The summed E-state index contributed by atoms with van der Waals surface area (Å²) in [6, 6.07) is 7.09. The first-order valence-electron chi connectivity index (χ1n) is 5.54. The third-order valence-electron chi connectivity index (χ3n) is 3.06. The predicted molar refractivity (Wildman–Crippen MR) is 64.5 cm³/mol. The van der Waals surface area contributed by atoms with Crippen LogP contribution in [0, 0.1) is 11.3 Å². The lowest BCUT2D eigenvalue weighted by atomic mass is 9.90. The number of allylic oxidation sites excluding steroid dienone is 4. The molecule has 1 N–H and O–H groups in total. The van der Waals surface area contributed by atoms with Gasteiger partial charge in [0.15, 0.2) is 0 Å². The second kappa shape index (κ2) is 3.70. The molecule has 0 bridgehead atoms. The zero-order chi connectivity index (χ0) is 11.8. The monoisotopic (exact) mass is 225 g/mol. The fraction of sp³-hybridized carbons (Fsp3) is 0.143. The fourth-order valence-corrected chi connectivity index (χ4v) is 2.15. The van der Waals surface area contributed by atoms with Gasteiger partial charge in [-0.2, -0.15) is 0 Å². The molecule has 2 aliphatic rings. The number of hydrogen-bond acceptors (Lipinski definition) is 3. The SMILES string of the molecule is N=C1C(=O)c2ccccc2OC2=CC=CCC12. The first kappa shape index (κ1) is 10.0.